The summed E-state index contributed by atoms with van der Waals surface area (Å²) in [5.74, 6) is 0.227. The van der Waals surface area contributed by atoms with E-state index in [4.69, 9.17) is 5.73 Å². The van der Waals surface area contributed by atoms with Crippen LogP contribution in [0, 0.1) is 5.92 Å². The minimum Gasteiger partial charge on any atom is -0.389 e. The van der Waals surface area contributed by atoms with Crippen molar-refractivity contribution in [1.29, 1.82) is 0 Å². The molecule has 0 bridgehead atoms. The van der Waals surface area contributed by atoms with E-state index in [1.54, 1.807) is 0 Å². The lowest BCUT2D eigenvalue weighted by Crippen LogP contribution is -2.27. The molecule has 3 rings (SSSR count). The van der Waals surface area contributed by atoms with Crippen LogP contribution in [0.1, 0.15) is 31.7 Å². The van der Waals surface area contributed by atoms with E-state index in [1.807, 2.05) is 12.1 Å². The maximum atomic E-state index is 12.0. The number of amides is 1. The fraction of sp³-hybridized carbons (Fsp3) is 0.375. The Labute approximate surface area is 128 Å². The molecule has 4 nitrogen and oxygen atoms in total. The van der Waals surface area contributed by atoms with Gasteiger partial charge in [-0.3, -0.25) is 4.79 Å². The van der Waals surface area contributed by atoms with Gasteiger partial charge in [-0.15, -0.1) is 0 Å². The van der Waals surface area contributed by atoms with Crippen LogP contribution in [0.2, 0.25) is 0 Å². The van der Waals surface area contributed by atoms with Gasteiger partial charge in [0.05, 0.1) is 0 Å². The molecular weight excluding hydrogens is 282 g/mol. The van der Waals surface area contributed by atoms with Crippen molar-refractivity contribution in [3.63, 3.8) is 0 Å². The van der Waals surface area contributed by atoms with E-state index in [9.17, 15) is 4.79 Å². The second-order valence-corrected chi connectivity index (χ2v) is 6.43. The van der Waals surface area contributed by atoms with Crippen LogP contribution in [0.4, 0.5) is 10.1 Å². The van der Waals surface area contributed by atoms with Crippen LogP contribution in [0.25, 0.3) is 11.3 Å². The summed E-state index contributed by atoms with van der Waals surface area (Å²) in [6.07, 6.45) is 4.12. The number of aromatic nitrogens is 1. The lowest BCUT2D eigenvalue weighted by Gasteiger charge is -2.23. The molecule has 0 spiro atoms. The average molecular weight is 301 g/mol. The molecule has 0 aliphatic heterocycles. The monoisotopic (exact) mass is 301 g/mol. The summed E-state index contributed by atoms with van der Waals surface area (Å²) in [7, 11) is 0. The van der Waals surface area contributed by atoms with Gasteiger partial charge in [-0.2, -0.15) is 0 Å². The third-order valence-corrected chi connectivity index (χ3v) is 4.80. The van der Waals surface area contributed by atoms with Gasteiger partial charge < -0.3 is 11.1 Å². The topological polar surface area (TPSA) is 68.0 Å². The van der Waals surface area contributed by atoms with Crippen molar-refractivity contribution < 1.29 is 4.79 Å². The average Bonchev–Trinajstić information content (AvgIpc) is 2.77. The quantitative estimate of drug-likeness (QED) is 0.905. The van der Waals surface area contributed by atoms with Crippen molar-refractivity contribution in [2.75, 3.05) is 11.1 Å². The van der Waals surface area contributed by atoms with Gasteiger partial charge in [0.15, 0.2) is 5.13 Å². The van der Waals surface area contributed by atoms with Crippen molar-refractivity contribution >= 4 is 27.4 Å². The minimum absolute atomic E-state index is 0.0721. The Bertz CT molecular complexity index is 644. The summed E-state index contributed by atoms with van der Waals surface area (Å²) in [5, 5.41) is 4.12. The van der Waals surface area contributed by atoms with Gasteiger partial charge in [-0.1, -0.05) is 48.9 Å². The van der Waals surface area contributed by atoms with Crippen LogP contribution in [0.3, 0.4) is 0 Å². The largest absolute Gasteiger partial charge is 0.389 e. The molecule has 110 valence electrons. The summed E-state index contributed by atoms with van der Waals surface area (Å²) < 4.78 is 0. The lowest BCUT2D eigenvalue weighted by atomic mass is 9.85. The van der Waals surface area contributed by atoms with Crippen molar-refractivity contribution in [3.8, 4) is 11.3 Å². The Hall–Kier alpha value is -1.88. The molecule has 1 amide bonds. The number of anilines is 2. The summed E-state index contributed by atoms with van der Waals surface area (Å²) in [6.45, 7) is 2.13. The standard InChI is InChI=1S/C16H19N3OS/c1-2-10-6-8-11(9-7-10)13-14(17)21-16(18-13)19-15(20)12-4-3-5-12/h6-9,12H,2-5,17H2,1H3,(H,18,19,20). The van der Waals surface area contributed by atoms with E-state index < -0.39 is 0 Å². The first kappa shape index (κ1) is 14.1. The molecule has 21 heavy (non-hydrogen) atoms. The second kappa shape index (κ2) is 5.85. The Morgan fingerprint density at radius 3 is 2.67 bits per heavy atom. The molecule has 0 saturated heterocycles. The zero-order chi connectivity index (χ0) is 14.8. The van der Waals surface area contributed by atoms with Crippen LogP contribution in [-0.4, -0.2) is 10.9 Å². The van der Waals surface area contributed by atoms with E-state index in [0.717, 1.165) is 36.9 Å². The summed E-state index contributed by atoms with van der Waals surface area (Å²) >= 11 is 1.33. The molecule has 3 N–H and O–H groups in total. The van der Waals surface area contributed by atoms with E-state index >= 15 is 0 Å². The fourth-order valence-corrected chi connectivity index (χ4v) is 3.13. The number of nitrogens with two attached hydrogens (primary N) is 1. The molecule has 5 heteroatoms. The third kappa shape index (κ3) is 2.93. The first-order chi connectivity index (χ1) is 10.2. The summed E-state index contributed by atoms with van der Waals surface area (Å²) in [6, 6.07) is 8.23. The highest BCUT2D eigenvalue weighted by Gasteiger charge is 2.26. The Kier molecular flexibility index (Phi) is 3.92. The molecule has 2 aromatic rings. The predicted octanol–water partition coefficient (Wildman–Crippen LogP) is 3.69. The first-order valence-corrected chi connectivity index (χ1v) is 8.15. The maximum absolute atomic E-state index is 12.0. The molecule has 1 aliphatic carbocycles. The lowest BCUT2D eigenvalue weighted by molar-refractivity contribution is -0.122. The number of carbonyl (C=O) groups excluding carboxylic acids is 1. The highest BCUT2D eigenvalue weighted by molar-refractivity contribution is 7.20. The molecule has 1 fully saturated rings. The van der Waals surface area contributed by atoms with Crippen LogP contribution >= 0.6 is 11.3 Å². The van der Waals surface area contributed by atoms with E-state index in [1.165, 1.54) is 16.9 Å². The van der Waals surface area contributed by atoms with Crippen molar-refractivity contribution in [2.45, 2.75) is 32.6 Å². The van der Waals surface area contributed by atoms with Gasteiger partial charge in [-0.05, 0) is 24.8 Å². The van der Waals surface area contributed by atoms with Gasteiger partial charge in [0, 0.05) is 11.5 Å². The number of nitrogen functional groups attached to an aromatic ring is 1. The fourth-order valence-electron chi connectivity index (χ4n) is 2.37. The number of thiazole rings is 1. The zero-order valence-electron chi connectivity index (χ0n) is 12.1. The Morgan fingerprint density at radius 1 is 1.38 bits per heavy atom. The molecule has 1 aromatic heterocycles. The van der Waals surface area contributed by atoms with E-state index in [-0.39, 0.29) is 11.8 Å². The van der Waals surface area contributed by atoms with Gasteiger partial charge >= 0.3 is 0 Å². The molecule has 1 aliphatic rings. The Morgan fingerprint density at radius 2 is 2.10 bits per heavy atom. The number of hydrogen-bond acceptors (Lipinski definition) is 4. The van der Waals surface area contributed by atoms with E-state index in [2.05, 4.69) is 29.4 Å². The normalized spacial score (nSPS) is 14.7. The van der Waals surface area contributed by atoms with E-state index in [0.29, 0.717) is 10.1 Å². The van der Waals surface area contributed by atoms with Gasteiger partial charge in [0.25, 0.3) is 0 Å². The Balaban J connectivity index is 1.78. The molecule has 1 aromatic carbocycles. The molecular formula is C16H19N3OS. The predicted molar refractivity (Wildman–Crippen MR) is 87.3 cm³/mol. The molecule has 1 heterocycles. The van der Waals surface area contributed by atoms with Gasteiger partial charge in [0.2, 0.25) is 5.91 Å². The number of nitrogens with one attached hydrogen (secondary N) is 1. The highest BCUT2D eigenvalue weighted by atomic mass is 32.1. The third-order valence-electron chi connectivity index (χ3n) is 4.00. The number of benzene rings is 1. The summed E-state index contributed by atoms with van der Waals surface area (Å²) in [5.41, 5.74) is 9.08. The molecule has 0 atom stereocenters. The number of rotatable bonds is 4. The van der Waals surface area contributed by atoms with Crippen LogP contribution in [0.5, 0.6) is 0 Å². The van der Waals surface area contributed by atoms with Crippen molar-refractivity contribution in [1.82, 2.24) is 4.98 Å². The summed E-state index contributed by atoms with van der Waals surface area (Å²) in [4.78, 5) is 16.4. The van der Waals surface area contributed by atoms with Crippen LogP contribution < -0.4 is 11.1 Å². The van der Waals surface area contributed by atoms with Crippen molar-refractivity contribution in [2.24, 2.45) is 5.92 Å². The number of carbonyl (C=O) groups is 1. The zero-order valence-corrected chi connectivity index (χ0v) is 12.9. The number of hydrogen-bond donors (Lipinski definition) is 2. The second-order valence-electron chi connectivity index (χ2n) is 5.40. The van der Waals surface area contributed by atoms with Crippen molar-refractivity contribution in [3.05, 3.63) is 29.8 Å². The smallest absolute Gasteiger partial charge is 0.229 e. The first-order valence-electron chi connectivity index (χ1n) is 7.34. The van der Waals surface area contributed by atoms with Gasteiger partial charge in [0.1, 0.15) is 10.7 Å². The SMILES string of the molecule is CCc1ccc(-c2nc(NC(=O)C3CCC3)sc2N)cc1. The maximum Gasteiger partial charge on any atom is 0.229 e. The number of aryl methyl sites for hydroxylation is 1. The molecule has 1 saturated carbocycles. The van der Waals surface area contributed by atoms with Gasteiger partial charge in [-0.25, -0.2) is 4.98 Å². The minimum atomic E-state index is 0.0721. The molecule has 0 unspecified atom stereocenters. The number of nitrogens with zero attached hydrogens (tertiary/aromatic N) is 1. The van der Waals surface area contributed by atoms with Crippen LogP contribution in [0.15, 0.2) is 24.3 Å². The molecule has 0 radical (unpaired) electrons. The van der Waals surface area contributed by atoms with Crippen LogP contribution in [-0.2, 0) is 11.2 Å². The highest BCUT2D eigenvalue weighted by Crippen LogP contribution is 2.34.